The van der Waals surface area contributed by atoms with Gasteiger partial charge in [-0.25, -0.2) is 0 Å². The molecule has 2 rings (SSSR count). The van der Waals surface area contributed by atoms with E-state index in [4.69, 9.17) is 18.9 Å². The van der Waals surface area contributed by atoms with E-state index < -0.39 is 80.5 Å². The van der Waals surface area contributed by atoms with Crippen LogP contribution in [0.1, 0.15) is 51.9 Å². The van der Waals surface area contributed by atoms with Gasteiger partial charge in [-0.1, -0.05) is 25.7 Å². The van der Waals surface area contributed by atoms with Crippen molar-refractivity contribution < 1.29 is 63.9 Å². The molecule has 2 aliphatic rings. The average Bonchev–Trinajstić information content (AvgIpc) is 2.90. The number of amides is 1. The lowest BCUT2D eigenvalue weighted by atomic mass is 9.95. The highest BCUT2D eigenvalue weighted by Crippen LogP contribution is 2.30. The van der Waals surface area contributed by atoms with Crippen LogP contribution < -0.4 is 5.32 Å². The molecule has 0 radical (unpaired) electrons. The number of methoxy groups -OCH3 is 1. The van der Waals surface area contributed by atoms with Gasteiger partial charge in [0.1, 0.15) is 48.8 Å². The van der Waals surface area contributed by atoms with Crippen LogP contribution in [0.5, 0.6) is 0 Å². The van der Waals surface area contributed by atoms with Gasteiger partial charge in [0.25, 0.3) is 0 Å². The molecule has 10 atom stereocenters. The van der Waals surface area contributed by atoms with Crippen LogP contribution >= 0.6 is 0 Å². The van der Waals surface area contributed by atoms with E-state index >= 15 is 0 Å². The molecule has 0 aromatic carbocycles. The maximum Gasteiger partial charge on any atom is 0.305 e. The van der Waals surface area contributed by atoms with Crippen molar-refractivity contribution in [3.05, 3.63) is 0 Å². The number of hydrogen-bond donors (Lipinski definition) is 7. The average molecular weight is 554 g/mol. The third kappa shape index (κ3) is 9.33. The van der Waals surface area contributed by atoms with Gasteiger partial charge >= 0.3 is 5.97 Å². The Balaban J connectivity index is 1.97. The maximum atomic E-state index is 11.9. The minimum atomic E-state index is -1.74. The number of esters is 1. The van der Waals surface area contributed by atoms with E-state index in [2.05, 4.69) is 10.1 Å². The van der Waals surface area contributed by atoms with E-state index in [1.54, 1.807) is 0 Å². The summed E-state index contributed by atoms with van der Waals surface area (Å²) >= 11 is 0. The number of carbonyl (C=O) groups excluding carboxylic acids is 2. The minimum Gasteiger partial charge on any atom is -0.469 e. The van der Waals surface area contributed by atoms with E-state index in [-0.39, 0.29) is 12.6 Å². The molecule has 0 bridgehead atoms. The van der Waals surface area contributed by atoms with Crippen molar-refractivity contribution in [3.8, 4) is 0 Å². The van der Waals surface area contributed by atoms with Gasteiger partial charge in [-0.3, -0.25) is 9.59 Å². The summed E-state index contributed by atoms with van der Waals surface area (Å²) in [5.41, 5.74) is 0. The molecule has 7 N–H and O–H groups in total. The Morgan fingerprint density at radius 1 is 0.789 bits per heavy atom. The molecule has 0 spiro atoms. The fourth-order valence-electron chi connectivity index (χ4n) is 4.48. The normalized spacial score (nSPS) is 35.6. The van der Waals surface area contributed by atoms with Gasteiger partial charge in [-0.05, 0) is 12.8 Å². The predicted molar refractivity (Wildman–Crippen MR) is 128 cm³/mol. The summed E-state index contributed by atoms with van der Waals surface area (Å²) in [5, 5.41) is 63.1. The molecule has 0 aromatic rings. The van der Waals surface area contributed by atoms with Crippen LogP contribution in [0, 0.1) is 0 Å². The molecule has 0 aliphatic carbocycles. The van der Waals surface area contributed by atoms with E-state index in [0.29, 0.717) is 12.8 Å². The number of aliphatic hydroxyl groups is 6. The number of rotatable bonds is 15. The van der Waals surface area contributed by atoms with Crippen LogP contribution in [0.4, 0.5) is 0 Å². The third-order valence-electron chi connectivity index (χ3n) is 6.65. The zero-order valence-electron chi connectivity index (χ0n) is 21.9. The lowest BCUT2D eigenvalue weighted by Gasteiger charge is -2.47. The summed E-state index contributed by atoms with van der Waals surface area (Å²) in [4.78, 5) is 23.1. The predicted octanol–water partition coefficient (Wildman–Crippen LogP) is -2.33. The van der Waals surface area contributed by atoms with E-state index in [1.165, 1.54) is 14.0 Å². The van der Waals surface area contributed by atoms with Gasteiger partial charge in [-0.2, -0.15) is 0 Å². The Morgan fingerprint density at radius 2 is 1.37 bits per heavy atom. The van der Waals surface area contributed by atoms with Gasteiger partial charge in [0, 0.05) is 20.0 Å². The molecule has 0 aromatic heterocycles. The van der Waals surface area contributed by atoms with Crippen molar-refractivity contribution in [1.82, 2.24) is 5.32 Å². The number of hydrogen-bond acceptors (Lipinski definition) is 13. The number of nitrogens with one attached hydrogen (secondary N) is 1. The monoisotopic (exact) mass is 553 g/mol. The zero-order valence-corrected chi connectivity index (χ0v) is 21.9. The lowest BCUT2D eigenvalue weighted by molar-refractivity contribution is -0.344. The largest absolute Gasteiger partial charge is 0.469 e. The molecule has 0 unspecified atom stereocenters. The van der Waals surface area contributed by atoms with Crippen molar-refractivity contribution in [2.45, 2.75) is 113 Å². The van der Waals surface area contributed by atoms with Gasteiger partial charge in [0.15, 0.2) is 12.6 Å². The first-order valence-corrected chi connectivity index (χ1v) is 13.0. The second-order valence-electron chi connectivity index (χ2n) is 9.56. The van der Waals surface area contributed by atoms with Crippen LogP contribution in [-0.4, -0.2) is 131 Å². The fraction of sp³-hybridized carbons (Fsp3) is 0.917. The molecule has 38 heavy (non-hydrogen) atoms. The van der Waals surface area contributed by atoms with Crippen LogP contribution in [0.25, 0.3) is 0 Å². The number of unbranched alkanes of at least 4 members (excludes halogenated alkanes) is 5. The summed E-state index contributed by atoms with van der Waals surface area (Å²) in [6.07, 6.45) is -7.53. The van der Waals surface area contributed by atoms with Crippen molar-refractivity contribution in [3.63, 3.8) is 0 Å². The van der Waals surface area contributed by atoms with Crippen molar-refractivity contribution >= 4 is 11.9 Å². The van der Waals surface area contributed by atoms with E-state index in [0.717, 1.165) is 32.1 Å². The van der Waals surface area contributed by atoms with Crippen LogP contribution in [0.15, 0.2) is 0 Å². The first-order valence-electron chi connectivity index (χ1n) is 13.0. The van der Waals surface area contributed by atoms with Crippen molar-refractivity contribution in [1.29, 1.82) is 0 Å². The highest BCUT2D eigenvalue weighted by atomic mass is 16.7. The van der Waals surface area contributed by atoms with E-state index in [1.807, 2.05) is 0 Å². The lowest BCUT2D eigenvalue weighted by Crippen LogP contribution is -2.68. The van der Waals surface area contributed by atoms with E-state index in [9.17, 15) is 40.2 Å². The Morgan fingerprint density at radius 3 is 1.97 bits per heavy atom. The quantitative estimate of drug-likeness (QED) is 0.0838. The number of aliphatic hydroxyl groups excluding tert-OH is 6. The van der Waals surface area contributed by atoms with Gasteiger partial charge < -0.3 is 59.6 Å². The molecule has 2 heterocycles. The van der Waals surface area contributed by atoms with Crippen LogP contribution in [0.2, 0.25) is 0 Å². The molecule has 2 fully saturated rings. The number of ether oxygens (including phenoxy) is 5. The highest BCUT2D eigenvalue weighted by molar-refractivity contribution is 5.73. The first-order chi connectivity index (χ1) is 18.1. The summed E-state index contributed by atoms with van der Waals surface area (Å²) in [6.45, 7) is 0.205. The van der Waals surface area contributed by atoms with Gasteiger partial charge in [0.05, 0.1) is 20.3 Å². The standard InChI is InChI=1S/C24H43NO13/c1-13(28)25-17-22(38-24-21(33)20(32)18(30)14(11-26)37-24)19(31)15(12-27)36-23(17)35-10-8-6-4-3-5-7-9-16(29)34-2/h14-15,17-24,26-27,30-33H,3-12H2,1-2H3,(H,25,28)/t14-,15-,17+,18+,19+,20+,21-,22-,23+,24+/m1/s1. The molecule has 2 saturated heterocycles. The van der Waals surface area contributed by atoms with Crippen molar-refractivity contribution in [2.75, 3.05) is 26.9 Å². The molecule has 14 nitrogen and oxygen atoms in total. The summed E-state index contributed by atoms with van der Waals surface area (Å²) in [6, 6.07) is -1.09. The van der Waals surface area contributed by atoms with Gasteiger partial charge in [-0.15, -0.1) is 0 Å². The molecule has 14 heteroatoms. The minimum absolute atomic E-state index is 0.222. The Hall–Kier alpha value is -1.46. The second-order valence-corrected chi connectivity index (χ2v) is 9.56. The Labute approximate surface area is 221 Å². The summed E-state index contributed by atoms with van der Waals surface area (Å²) in [7, 11) is 1.36. The third-order valence-corrected chi connectivity index (χ3v) is 6.65. The Kier molecular flexibility index (Phi) is 14.3. The molecule has 2 aliphatic heterocycles. The van der Waals surface area contributed by atoms with Crippen LogP contribution in [0.3, 0.4) is 0 Å². The smallest absolute Gasteiger partial charge is 0.305 e. The Bertz CT molecular complexity index is 711. The second kappa shape index (κ2) is 16.6. The molecular formula is C24H43NO13. The highest BCUT2D eigenvalue weighted by Gasteiger charge is 2.51. The summed E-state index contributed by atoms with van der Waals surface area (Å²) in [5.74, 6) is -0.712. The van der Waals surface area contributed by atoms with Crippen LogP contribution in [-0.2, 0) is 33.3 Å². The maximum absolute atomic E-state index is 11.9. The molecule has 222 valence electrons. The molecule has 1 amide bonds. The molecule has 0 saturated carbocycles. The summed E-state index contributed by atoms with van der Waals surface area (Å²) < 4.78 is 27.3. The number of carbonyl (C=O) groups is 2. The van der Waals surface area contributed by atoms with Crippen molar-refractivity contribution in [2.24, 2.45) is 0 Å². The first kappa shape index (κ1) is 32.8. The fourth-order valence-corrected chi connectivity index (χ4v) is 4.48. The zero-order chi connectivity index (χ0) is 28.2. The SMILES string of the molecule is COC(=O)CCCCCCCCO[C@H]1O[C@H](CO)[C@H](O)[C@H](O[C@@H]2O[C@H](CO)[C@H](O)[C@H](O)[C@H]2O)[C@@H]1NC(C)=O. The topological polar surface area (TPSA) is 214 Å². The molecular weight excluding hydrogens is 510 g/mol. The van der Waals surface area contributed by atoms with Gasteiger partial charge in [0.2, 0.25) is 5.91 Å².